The maximum Gasteiger partial charge on any atom is 0.341 e. The minimum absolute atomic E-state index is 0.201. The minimum Gasteiger partial charge on any atom is -0.763 e. The van der Waals surface area contributed by atoms with E-state index in [2.05, 4.69) is 20.8 Å². The molecule has 2 aliphatic rings. The van der Waals surface area contributed by atoms with Crippen LogP contribution >= 0.6 is 0 Å². The van der Waals surface area contributed by atoms with Gasteiger partial charge >= 0.3 is 5.97 Å². The van der Waals surface area contributed by atoms with Crippen molar-refractivity contribution in [2.45, 2.75) is 46.1 Å². The summed E-state index contributed by atoms with van der Waals surface area (Å²) in [7, 11) is 0. The molecule has 0 aromatic heterocycles. The van der Waals surface area contributed by atoms with Crippen molar-refractivity contribution in [3.05, 3.63) is 33.3 Å². The highest BCUT2D eigenvalue weighted by Crippen LogP contribution is 2.39. The first-order valence-corrected chi connectivity index (χ1v) is 8.57. The number of carbonyl (C=O) groups excluding carboxylic acids is 1. The Kier molecular flexibility index (Phi) is 5.78. The Bertz CT molecular complexity index is 867. The van der Waals surface area contributed by atoms with Crippen molar-refractivity contribution < 1.29 is 9.53 Å². The fourth-order valence-corrected chi connectivity index (χ4v) is 3.72. The molecule has 0 aromatic carbocycles. The molecule has 0 radical (unpaired) electrons. The average molecular weight is 347 g/mol. The average Bonchev–Trinajstić information content (AvgIpc) is 2.93. The molecular formula is C20H19N4O2-. The molecule has 0 aromatic rings. The summed E-state index contributed by atoms with van der Waals surface area (Å²) < 4.78 is 5.70. The first kappa shape index (κ1) is 19.2. The number of carbonyl (C=O) groups is 1. The van der Waals surface area contributed by atoms with Crippen molar-refractivity contribution in [2.75, 3.05) is 0 Å². The quantitative estimate of drug-likeness (QED) is 0.572. The van der Waals surface area contributed by atoms with E-state index in [9.17, 15) is 26.0 Å². The highest BCUT2D eigenvalue weighted by atomic mass is 16.5. The van der Waals surface area contributed by atoms with Crippen molar-refractivity contribution in [1.82, 2.24) is 0 Å². The van der Waals surface area contributed by atoms with Crippen LogP contribution in [-0.2, 0) is 9.53 Å². The van der Waals surface area contributed by atoms with E-state index in [1.807, 2.05) is 0 Å². The van der Waals surface area contributed by atoms with Gasteiger partial charge in [0.25, 0.3) is 0 Å². The number of nitriles is 3. The lowest BCUT2D eigenvalue weighted by Gasteiger charge is -2.36. The number of nitrogens with zero attached hydrogens (tertiary/aromatic N) is 4. The fourth-order valence-electron chi connectivity index (χ4n) is 3.72. The molecule has 1 fully saturated rings. The van der Waals surface area contributed by atoms with Gasteiger partial charge in [-0.15, -0.1) is 0 Å². The van der Waals surface area contributed by atoms with Crippen LogP contribution in [0.2, 0.25) is 0 Å². The number of rotatable bonds is 3. The Morgan fingerprint density at radius 1 is 1.12 bits per heavy atom. The van der Waals surface area contributed by atoms with Crippen LogP contribution in [0.1, 0.15) is 40.0 Å². The van der Waals surface area contributed by atoms with Crippen molar-refractivity contribution in [3.63, 3.8) is 0 Å². The SMILES string of the molecule is CC(C)[C@H]1CC[C@H](C)C[C@@H]1OC(=O)C1=C(C#N)C(C#N)=C(C#N)C1=C=[N-]. The lowest BCUT2D eigenvalue weighted by molar-refractivity contribution is -0.150. The van der Waals surface area contributed by atoms with Crippen LogP contribution in [-0.4, -0.2) is 17.9 Å². The third kappa shape index (κ3) is 3.31. The summed E-state index contributed by atoms with van der Waals surface area (Å²) in [5, 5.41) is 37.2. The minimum atomic E-state index is -0.805. The van der Waals surface area contributed by atoms with E-state index in [0.29, 0.717) is 11.8 Å². The lowest BCUT2D eigenvalue weighted by atomic mass is 9.75. The Morgan fingerprint density at radius 2 is 1.73 bits per heavy atom. The third-order valence-corrected chi connectivity index (χ3v) is 5.12. The number of hydrogen-bond donors (Lipinski definition) is 0. The molecule has 0 N–H and O–H groups in total. The van der Waals surface area contributed by atoms with E-state index in [0.717, 1.165) is 19.3 Å². The molecule has 0 amide bonds. The van der Waals surface area contributed by atoms with Gasteiger partial charge in [0.1, 0.15) is 24.3 Å². The molecule has 3 atom stereocenters. The smallest absolute Gasteiger partial charge is 0.341 e. The van der Waals surface area contributed by atoms with Gasteiger partial charge in [0.15, 0.2) is 0 Å². The second kappa shape index (κ2) is 7.83. The standard InChI is InChI=1S/C20H19N4O2/c1-11(2)13-5-4-12(3)6-18(13)26-20(25)19-16(9-23)14(7-21)15(8-22)17(19)10-24/h11-13,18H,4-6H2,1-3H3/q-1/t12-,13+,18-/m0/s1. The van der Waals surface area contributed by atoms with Crippen LogP contribution in [0, 0.1) is 51.7 Å². The summed E-state index contributed by atoms with van der Waals surface area (Å²) in [6.07, 6.45) is 2.42. The number of ether oxygens (including phenoxy) is 1. The van der Waals surface area contributed by atoms with Gasteiger partial charge in [-0.05, 0) is 30.6 Å². The van der Waals surface area contributed by atoms with Crippen molar-refractivity contribution >= 4 is 11.8 Å². The second-order valence-electron chi connectivity index (χ2n) is 7.09. The van der Waals surface area contributed by atoms with Crippen LogP contribution in [0.4, 0.5) is 0 Å². The van der Waals surface area contributed by atoms with E-state index in [4.69, 9.17) is 4.74 Å². The van der Waals surface area contributed by atoms with Gasteiger partial charge in [-0.1, -0.05) is 27.2 Å². The van der Waals surface area contributed by atoms with E-state index in [-0.39, 0.29) is 39.9 Å². The predicted octanol–water partition coefficient (Wildman–Crippen LogP) is 3.33. The first-order valence-electron chi connectivity index (χ1n) is 8.57. The monoisotopic (exact) mass is 347 g/mol. The molecule has 0 spiro atoms. The molecule has 26 heavy (non-hydrogen) atoms. The normalized spacial score (nSPS) is 25.4. The molecule has 0 bridgehead atoms. The highest BCUT2D eigenvalue weighted by Gasteiger charge is 2.38. The number of esters is 1. The van der Waals surface area contributed by atoms with Gasteiger partial charge in [0.2, 0.25) is 0 Å². The number of allylic oxidation sites excluding steroid dienone is 3. The zero-order chi connectivity index (χ0) is 19.4. The molecule has 6 heteroatoms. The maximum absolute atomic E-state index is 12.8. The van der Waals surface area contributed by atoms with Crippen LogP contribution in [0.15, 0.2) is 27.9 Å². The van der Waals surface area contributed by atoms with Crippen molar-refractivity contribution in [3.8, 4) is 18.2 Å². The molecule has 132 valence electrons. The Balaban J connectivity index is 2.40. The van der Waals surface area contributed by atoms with Gasteiger partial charge in [-0.2, -0.15) is 15.8 Å². The molecule has 0 heterocycles. The topological polar surface area (TPSA) is 120 Å². The maximum atomic E-state index is 12.8. The zero-order valence-electron chi connectivity index (χ0n) is 15.0. The van der Waals surface area contributed by atoms with Crippen LogP contribution in [0.25, 0.3) is 5.41 Å². The molecular weight excluding hydrogens is 328 g/mol. The summed E-state index contributed by atoms with van der Waals surface area (Å²) >= 11 is 0. The van der Waals surface area contributed by atoms with Gasteiger partial charge in [-0.3, -0.25) is 5.87 Å². The van der Waals surface area contributed by atoms with E-state index in [1.165, 1.54) is 0 Å². The lowest BCUT2D eigenvalue weighted by Crippen LogP contribution is -2.36. The molecule has 2 aliphatic carbocycles. The van der Waals surface area contributed by atoms with E-state index < -0.39 is 5.97 Å². The summed E-state index contributed by atoms with van der Waals surface area (Å²) in [5.74, 6) is 1.92. The molecule has 0 saturated heterocycles. The third-order valence-electron chi connectivity index (χ3n) is 5.12. The highest BCUT2D eigenvalue weighted by molar-refractivity contribution is 6.06. The molecule has 0 aliphatic heterocycles. The van der Waals surface area contributed by atoms with Gasteiger partial charge < -0.3 is 10.1 Å². The van der Waals surface area contributed by atoms with Crippen LogP contribution < -0.4 is 0 Å². The van der Waals surface area contributed by atoms with E-state index in [1.54, 1.807) is 24.1 Å². The summed E-state index contributed by atoms with van der Waals surface area (Å²) in [6.45, 7) is 6.25. The van der Waals surface area contributed by atoms with Gasteiger partial charge in [-0.25, -0.2) is 4.79 Å². The second-order valence-corrected chi connectivity index (χ2v) is 7.09. The summed E-state index contributed by atoms with van der Waals surface area (Å²) in [6, 6.07) is 5.28. The van der Waals surface area contributed by atoms with E-state index >= 15 is 0 Å². The summed E-state index contributed by atoms with van der Waals surface area (Å²) in [4.78, 5) is 12.8. The molecule has 6 nitrogen and oxygen atoms in total. The Hall–Kier alpha value is -3.13. The zero-order valence-corrected chi connectivity index (χ0v) is 15.0. The fraction of sp³-hybridized carbons (Fsp3) is 0.500. The van der Waals surface area contributed by atoms with Gasteiger partial charge in [0, 0.05) is 5.57 Å². The molecule has 2 rings (SSSR count). The van der Waals surface area contributed by atoms with Crippen molar-refractivity contribution in [2.24, 2.45) is 17.8 Å². The van der Waals surface area contributed by atoms with Gasteiger partial charge in [0.05, 0.1) is 22.3 Å². The predicted molar refractivity (Wildman–Crippen MR) is 94.0 cm³/mol. The number of hydrogen-bond acceptors (Lipinski definition) is 5. The Morgan fingerprint density at radius 3 is 2.23 bits per heavy atom. The van der Waals surface area contributed by atoms with Crippen molar-refractivity contribution in [1.29, 1.82) is 15.8 Å². The molecule has 1 saturated carbocycles. The Labute approximate surface area is 153 Å². The first-order chi connectivity index (χ1) is 12.4. The van der Waals surface area contributed by atoms with Crippen LogP contribution in [0.5, 0.6) is 0 Å². The molecule has 0 unspecified atom stereocenters. The largest absolute Gasteiger partial charge is 0.763 e. The van der Waals surface area contributed by atoms with Crippen LogP contribution in [0.3, 0.4) is 0 Å². The summed E-state index contributed by atoms with van der Waals surface area (Å²) in [5.41, 5.74) is -1.25.